The molecule has 0 aromatic rings. The lowest BCUT2D eigenvalue weighted by molar-refractivity contribution is 0.138. The molecule has 11 heavy (non-hydrogen) atoms. The molecular formula is C7H16ClNO2. The molecule has 1 unspecified atom stereocenters. The Labute approximate surface area is 73.9 Å². The van der Waals surface area contributed by atoms with Crippen molar-refractivity contribution in [3.8, 4) is 0 Å². The predicted octanol–water partition coefficient (Wildman–Crippen LogP) is 0.433. The van der Waals surface area contributed by atoms with Gasteiger partial charge in [-0.3, -0.25) is 0 Å². The van der Waals surface area contributed by atoms with Gasteiger partial charge in [0.05, 0.1) is 13.2 Å². The SMILES string of the molecule is COCC1CCOCCN1.Cl. The Morgan fingerprint density at radius 1 is 1.55 bits per heavy atom. The summed E-state index contributed by atoms with van der Waals surface area (Å²) in [5, 5.41) is 3.33. The molecule has 1 saturated heterocycles. The number of nitrogens with one attached hydrogen (secondary N) is 1. The van der Waals surface area contributed by atoms with Crippen LogP contribution in [0.2, 0.25) is 0 Å². The molecule has 1 rings (SSSR count). The highest BCUT2D eigenvalue weighted by atomic mass is 35.5. The van der Waals surface area contributed by atoms with Crippen LogP contribution in [0.25, 0.3) is 0 Å². The fourth-order valence-electron chi connectivity index (χ4n) is 1.11. The van der Waals surface area contributed by atoms with Gasteiger partial charge in [0.25, 0.3) is 0 Å². The largest absolute Gasteiger partial charge is 0.383 e. The molecule has 0 saturated carbocycles. The molecule has 0 bridgehead atoms. The fraction of sp³-hybridized carbons (Fsp3) is 1.00. The standard InChI is InChI=1S/C7H15NO2.ClH/c1-9-6-7-2-4-10-5-3-8-7;/h7-8H,2-6H2,1H3;1H. The van der Waals surface area contributed by atoms with Crippen molar-refractivity contribution in [2.45, 2.75) is 12.5 Å². The summed E-state index contributed by atoms with van der Waals surface area (Å²) in [4.78, 5) is 0. The van der Waals surface area contributed by atoms with Crippen molar-refractivity contribution in [3.05, 3.63) is 0 Å². The molecule has 0 spiro atoms. The lowest BCUT2D eigenvalue weighted by Gasteiger charge is -2.12. The second kappa shape index (κ2) is 6.85. The van der Waals surface area contributed by atoms with Crippen molar-refractivity contribution in [1.82, 2.24) is 5.32 Å². The molecule has 1 N–H and O–H groups in total. The molecule has 0 aromatic carbocycles. The zero-order chi connectivity index (χ0) is 7.23. The van der Waals surface area contributed by atoms with Crippen molar-refractivity contribution < 1.29 is 9.47 Å². The first-order valence-electron chi connectivity index (χ1n) is 3.73. The quantitative estimate of drug-likeness (QED) is 0.671. The summed E-state index contributed by atoms with van der Waals surface area (Å²) in [6.07, 6.45) is 1.06. The minimum absolute atomic E-state index is 0. The lowest BCUT2D eigenvalue weighted by atomic mass is 10.2. The zero-order valence-corrected chi connectivity index (χ0v) is 7.65. The van der Waals surface area contributed by atoms with E-state index in [1.54, 1.807) is 7.11 Å². The predicted molar refractivity (Wildman–Crippen MR) is 46.4 cm³/mol. The maximum absolute atomic E-state index is 5.25. The molecule has 1 aliphatic heterocycles. The van der Waals surface area contributed by atoms with Crippen LogP contribution in [0.4, 0.5) is 0 Å². The van der Waals surface area contributed by atoms with Gasteiger partial charge in [0.15, 0.2) is 0 Å². The van der Waals surface area contributed by atoms with Gasteiger partial charge in [0.1, 0.15) is 0 Å². The summed E-state index contributed by atoms with van der Waals surface area (Å²) in [7, 11) is 1.73. The Morgan fingerprint density at radius 3 is 3.09 bits per heavy atom. The Balaban J connectivity index is 0.000001000. The van der Waals surface area contributed by atoms with Crippen molar-refractivity contribution >= 4 is 12.4 Å². The molecule has 0 aromatic heterocycles. The highest BCUT2D eigenvalue weighted by molar-refractivity contribution is 5.85. The van der Waals surface area contributed by atoms with Gasteiger partial charge >= 0.3 is 0 Å². The summed E-state index contributed by atoms with van der Waals surface area (Å²) in [6, 6.07) is 0.493. The third-order valence-electron chi connectivity index (χ3n) is 1.66. The van der Waals surface area contributed by atoms with E-state index < -0.39 is 0 Å². The number of methoxy groups -OCH3 is 1. The van der Waals surface area contributed by atoms with Crippen LogP contribution >= 0.6 is 12.4 Å². The van der Waals surface area contributed by atoms with Crippen LogP contribution in [0, 0.1) is 0 Å². The van der Waals surface area contributed by atoms with E-state index in [9.17, 15) is 0 Å². The normalized spacial score (nSPS) is 25.4. The van der Waals surface area contributed by atoms with Crippen LogP contribution < -0.4 is 5.32 Å². The summed E-state index contributed by atoms with van der Waals surface area (Å²) >= 11 is 0. The van der Waals surface area contributed by atoms with Gasteiger partial charge < -0.3 is 14.8 Å². The van der Waals surface area contributed by atoms with Gasteiger partial charge in [-0.25, -0.2) is 0 Å². The Kier molecular flexibility index (Phi) is 6.96. The van der Waals surface area contributed by atoms with Gasteiger partial charge in [-0.1, -0.05) is 0 Å². The van der Waals surface area contributed by atoms with E-state index in [2.05, 4.69) is 5.32 Å². The monoisotopic (exact) mass is 181 g/mol. The van der Waals surface area contributed by atoms with Gasteiger partial charge in [-0.05, 0) is 6.42 Å². The first-order chi connectivity index (χ1) is 4.93. The number of halogens is 1. The first kappa shape index (κ1) is 11.2. The average molecular weight is 182 g/mol. The van der Waals surface area contributed by atoms with E-state index in [1.165, 1.54) is 0 Å². The maximum Gasteiger partial charge on any atom is 0.0616 e. The maximum atomic E-state index is 5.25. The van der Waals surface area contributed by atoms with E-state index in [-0.39, 0.29) is 12.4 Å². The highest BCUT2D eigenvalue weighted by Gasteiger charge is 2.09. The molecule has 1 fully saturated rings. The molecule has 3 nitrogen and oxygen atoms in total. The van der Waals surface area contributed by atoms with Gasteiger partial charge in [-0.15, -0.1) is 12.4 Å². The number of hydrogen-bond donors (Lipinski definition) is 1. The highest BCUT2D eigenvalue weighted by Crippen LogP contribution is 1.96. The van der Waals surface area contributed by atoms with Crippen LogP contribution in [0.5, 0.6) is 0 Å². The molecule has 1 atom stereocenters. The molecule has 1 aliphatic rings. The van der Waals surface area contributed by atoms with Crippen LogP contribution in [0.15, 0.2) is 0 Å². The summed E-state index contributed by atoms with van der Waals surface area (Å²) in [6.45, 7) is 3.44. The summed E-state index contributed by atoms with van der Waals surface area (Å²) in [5.41, 5.74) is 0. The minimum Gasteiger partial charge on any atom is -0.383 e. The van der Waals surface area contributed by atoms with Crippen LogP contribution in [-0.4, -0.2) is 39.5 Å². The third kappa shape index (κ3) is 4.58. The van der Waals surface area contributed by atoms with Crippen molar-refractivity contribution in [2.24, 2.45) is 0 Å². The van der Waals surface area contributed by atoms with Crippen molar-refractivity contribution in [2.75, 3.05) is 33.5 Å². The molecule has 4 heteroatoms. The zero-order valence-electron chi connectivity index (χ0n) is 6.84. The number of rotatable bonds is 2. The Bertz CT molecular complexity index is 84.5. The summed E-state index contributed by atoms with van der Waals surface area (Å²) < 4.78 is 10.3. The first-order valence-corrected chi connectivity index (χ1v) is 3.73. The van der Waals surface area contributed by atoms with Crippen LogP contribution in [-0.2, 0) is 9.47 Å². The number of hydrogen-bond acceptors (Lipinski definition) is 3. The molecular weight excluding hydrogens is 166 g/mol. The molecule has 0 radical (unpaired) electrons. The van der Waals surface area contributed by atoms with E-state index in [0.717, 1.165) is 32.8 Å². The van der Waals surface area contributed by atoms with Crippen molar-refractivity contribution in [3.63, 3.8) is 0 Å². The molecule has 68 valence electrons. The smallest absolute Gasteiger partial charge is 0.0616 e. The Hall–Kier alpha value is 0.170. The Morgan fingerprint density at radius 2 is 2.36 bits per heavy atom. The molecule has 1 heterocycles. The molecule has 0 amide bonds. The second-order valence-electron chi connectivity index (χ2n) is 2.51. The van der Waals surface area contributed by atoms with Crippen LogP contribution in [0.1, 0.15) is 6.42 Å². The lowest BCUT2D eigenvalue weighted by Crippen LogP contribution is -2.33. The minimum atomic E-state index is 0. The fourth-order valence-corrected chi connectivity index (χ4v) is 1.11. The van der Waals surface area contributed by atoms with Gasteiger partial charge in [0, 0.05) is 26.3 Å². The second-order valence-corrected chi connectivity index (χ2v) is 2.51. The third-order valence-corrected chi connectivity index (χ3v) is 1.66. The topological polar surface area (TPSA) is 30.5 Å². The van der Waals surface area contributed by atoms with E-state index >= 15 is 0 Å². The van der Waals surface area contributed by atoms with Gasteiger partial charge in [0.2, 0.25) is 0 Å². The summed E-state index contributed by atoms with van der Waals surface area (Å²) in [5.74, 6) is 0. The van der Waals surface area contributed by atoms with E-state index in [4.69, 9.17) is 9.47 Å². The van der Waals surface area contributed by atoms with Crippen LogP contribution in [0.3, 0.4) is 0 Å². The average Bonchev–Trinajstić information content (AvgIpc) is 2.17. The van der Waals surface area contributed by atoms with E-state index in [0.29, 0.717) is 6.04 Å². The van der Waals surface area contributed by atoms with Gasteiger partial charge in [-0.2, -0.15) is 0 Å². The van der Waals surface area contributed by atoms with Crippen molar-refractivity contribution in [1.29, 1.82) is 0 Å². The molecule has 0 aliphatic carbocycles. The number of ether oxygens (including phenoxy) is 2. The van der Waals surface area contributed by atoms with E-state index in [1.807, 2.05) is 0 Å².